The number of hydrogen-bond acceptors (Lipinski definition) is 4. The second-order valence-corrected chi connectivity index (χ2v) is 7.32. The van der Waals surface area contributed by atoms with Crippen LogP contribution in [0.1, 0.15) is 38.3 Å². The highest BCUT2D eigenvalue weighted by Gasteiger charge is 2.18. The molecule has 0 fully saturated rings. The quantitative estimate of drug-likeness (QED) is 0.864. The van der Waals surface area contributed by atoms with Gasteiger partial charge in [-0.15, -0.1) is 11.3 Å². The molecule has 0 bridgehead atoms. The fourth-order valence-electron chi connectivity index (χ4n) is 2.26. The van der Waals surface area contributed by atoms with Gasteiger partial charge in [0, 0.05) is 23.9 Å². The molecule has 1 heterocycles. The second-order valence-electron chi connectivity index (χ2n) is 6.37. The van der Waals surface area contributed by atoms with Crippen LogP contribution in [0.5, 0.6) is 5.75 Å². The SMILES string of the molecule is CCOc1ccc(C(C)(C)C)cc1-c1csc(CCNC)n1. The lowest BCUT2D eigenvalue weighted by Gasteiger charge is -2.21. The van der Waals surface area contributed by atoms with Crippen LogP contribution in [0.3, 0.4) is 0 Å². The van der Waals surface area contributed by atoms with Gasteiger partial charge in [0.15, 0.2) is 0 Å². The molecule has 0 amide bonds. The van der Waals surface area contributed by atoms with Crippen LogP contribution in [0.25, 0.3) is 11.3 Å². The number of ether oxygens (including phenoxy) is 1. The van der Waals surface area contributed by atoms with Gasteiger partial charge in [0.2, 0.25) is 0 Å². The van der Waals surface area contributed by atoms with Crippen molar-refractivity contribution in [3.8, 4) is 17.0 Å². The molecule has 3 nitrogen and oxygen atoms in total. The summed E-state index contributed by atoms with van der Waals surface area (Å²) in [6.07, 6.45) is 0.962. The van der Waals surface area contributed by atoms with Crippen molar-refractivity contribution in [2.75, 3.05) is 20.2 Å². The highest BCUT2D eigenvalue weighted by atomic mass is 32.1. The molecule has 0 saturated heterocycles. The lowest BCUT2D eigenvalue weighted by Crippen LogP contribution is -2.11. The largest absolute Gasteiger partial charge is 0.493 e. The minimum atomic E-state index is 0.116. The molecule has 1 N–H and O–H groups in total. The predicted octanol–water partition coefficient (Wildman–Crippen LogP) is 4.27. The maximum Gasteiger partial charge on any atom is 0.128 e. The van der Waals surface area contributed by atoms with Crippen molar-refractivity contribution in [2.45, 2.75) is 39.5 Å². The molecule has 0 unspecified atom stereocenters. The summed E-state index contributed by atoms with van der Waals surface area (Å²) in [6, 6.07) is 6.46. The molecule has 22 heavy (non-hydrogen) atoms. The first-order valence-electron chi connectivity index (χ1n) is 7.82. The van der Waals surface area contributed by atoms with E-state index in [1.165, 1.54) is 5.56 Å². The minimum absolute atomic E-state index is 0.116. The molecule has 1 aromatic heterocycles. The third-order valence-corrected chi connectivity index (χ3v) is 4.47. The average Bonchev–Trinajstić information content (AvgIpc) is 2.93. The van der Waals surface area contributed by atoms with Gasteiger partial charge in [-0.05, 0) is 37.1 Å². The van der Waals surface area contributed by atoms with Crippen molar-refractivity contribution in [3.63, 3.8) is 0 Å². The first-order valence-corrected chi connectivity index (χ1v) is 8.70. The van der Waals surface area contributed by atoms with Gasteiger partial charge < -0.3 is 10.1 Å². The fraction of sp³-hybridized carbons (Fsp3) is 0.500. The van der Waals surface area contributed by atoms with Crippen LogP contribution in [-0.4, -0.2) is 25.2 Å². The Morgan fingerprint density at radius 2 is 2.05 bits per heavy atom. The molecule has 0 saturated carbocycles. The number of hydrogen-bond donors (Lipinski definition) is 1. The number of aromatic nitrogens is 1. The molecule has 120 valence electrons. The maximum absolute atomic E-state index is 5.80. The van der Waals surface area contributed by atoms with E-state index in [0.717, 1.165) is 35.0 Å². The van der Waals surface area contributed by atoms with Gasteiger partial charge in [-0.1, -0.05) is 26.8 Å². The number of thiazole rings is 1. The van der Waals surface area contributed by atoms with E-state index < -0.39 is 0 Å². The lowest BCUT2D eigenvalue weighted by atomic mass is 9.86. The molecule has 1 aromatic carbocycles. The molecule has 0 aliphatic rings. The highest BCUT2D eigenvalue weighted by Crippen LogP contribution is 2.35. The van der Waals surface area contributed by atoms with E-state index in [1.54, 1.807) is 11.3 Å². The van der Waals surface area contributed by atoms with Gasteiger partial charge in [-0.25, -0.2) is 4.98 Å². The first kappa shape index (κ1) is 17.0. The Kier molecular flexibility index (Phi) is 5.59. The monoisotopic (exact) mass is 318 g/mol. The Hall–Kier alpha value is -1.39. The maximum atomic E-state index is 5.80. The normalized spacial score (nSPS) is 11.7. The van der Waals surface area contributed by atoms with Crippen LogP contribution in [0.4, 0.5) is 0 Å². The smallest absolute Gasteiger partial charge is 0.128 e. The lowest BCUT2D eigenvalue weighted by molar-refractivity contribution is 0.341. The molecule has 2 rings (SSSR count). The average molecular weight is 318 g/mol. The van der Waals surface area contributed by atoms with E-state index in [9.17, 15) is 0 Å². The van der Waals surface area contributed by atoms with Crippen LogP contribution in [0.15, 0.2) is 23.6 Å². The van der Waals surface area contributed by atoms with Gasteiger partial charge in [0.05, 0.1) is 17.3 Å². The summed E-state index contributed by atoms with van der Waals surface area (Å²) < 4.78 is 5.80. The van der Waals surface area contributed by atoms with E-state index in [4.69, 9.17) is 9.72 Å². The molecule has 2 aromatic rings. The number of likely N-dealkylation sites (N-methyl/N-ethyl adjacent to an activating group) is 1. The summed E-state index contributed by atoms with van der Waals surface area (Å²) in [7, 11) is 1.97. The molecule has 0 radical (unpaired) electrons. The molecular weight excluding hydrogens is 292 g/mol. The molecular formula is C18H26N2OS. The summed E-state index contributed by atoms with van der Waals surface area (Å²) in [6.45, 7) is 10.3. The van der Waals surface area contributed by atoms with E-state index >= 15 is 0 Å². The zero-order valence-electron chi connectivity index (χ0n) is 14.2. The van der Waals surface area contributed by atoms with Crippen molar-refractivity contribution >= 4 is 11.3 Å². The topological polar surface area (TPSA) is 34.1 Å². The van der Waals surface area contributed by atoms with Crippen molar-refractivity contribution in [3.05, 3.63) is 34.2 Å². The summed E-state index contributed by atoms with van der Waals surface area (Å²) in [4.78, 5) is 4.78. The summed E-state index contributed by atoms with van der Waals surface area (Å²) >= 11 is 1.72. The van der Waals surface area contributed by atoms with Gasteiger partial charge in [-0.2, -0.15) is 0 Å². The summed E-state index contributed by atoms with van der Waals surface area (Å²) in [5.41, 5.74) is 3.53. The fourth-order valence-corrected chi connectivity index (χ4v) is 3.06. The summed E-state index contributed by atoms with van der Waals surface area (Å²) in [5.74, 6) is 0.918. The van der Waals surface area contributed by atoms with Crippen LogP contribution >= 0.6 is 11.3 Å². The minimum Gasteiger partial charge on any atom is -0.493 e. The van der Waals surface area contributed by atoms with E-state index in [2.05, 4.69) is 49.7 Å². The predicted molar refractivity (Wildman–Crippen MR) is 95.0 cm³/mol. The highest BCUT2D eigenvalue weighted by molar-refractivity contribution is 7.09. The third kappa shape index (κ3) is 4.08. The number of nitrogens with zero attached hydrogens (tertiary/aromatic N) is 1. The molecule has 0 atom stereocenters. The summed E-state index contributed by atoms with van der Waals surface area (Å²) in [5, 5.41) is 6.46. The Morgan fingerprint density at radius 3 is 2.68 bits per heavy atom. The first-order chi connectivity index (χ1) is 10.5. The third-order valence-electron chi connectivity index (χ3n) is 3.56. The Bertz CT molecular complexity index is 614. The zero-order valence-corrected chi connectivity index (χ0v) is 15.0. The van der Waals surface area contributed by atoms with Gasteiger partial charge in [0.25, 0.3) is 0 Å². The standard InChI is InChI=1S/C18H26N2OS/c1-6-21-16-8-7-13(18(2,3)4)11-14(16)15-12-22-17(20-15)9-10-19-5/h7-8,11-12,19H,6,9-10H2,1-5H3. The number of nitrogens with one attached hydrogen (secondary N) is 1. The Morgan fingerprint density at radius 1 is 1.27 bits per heavy atom. The van der Waals surface area contributed by atoms with Crippen LogP contribution in [0, 0.1) is 0 Å². The van der Waals surface area contributed by atoms with Crippen LogP contribution < -0.4 is 10.1 Å². The molecule has 0 spiro atoms. The molecule has 0 aliphatic heterocycles. The van der Waals surface area contributed by atoms with Gasteiger partial charge >= 0.3 is 0 Å². The van der Waals surface area contributed by atoms with Crippen molar-refractivity contribution in [1.82, 2.24) is 10.3 Å². The Balaban J connectivity index is 2.39. The zero-order chi connectivity index (χ0) is 16.2. The van der Waals surface area contributed by atoms with E-state index in [0.29, 0.717) is 6.61 Å². The van der Waals surface area contributed by atoms with Crippen molar-refractivity contribution in [1.29, 1.82) is 0 Å². The van der Waals surface area contributed by atoms with Crippen LogP contribution in [0.2, 0.25) is 0 Å². The van der Waals surface area contributed by atoms with Crippen LogP contribution in [-0.2, 0) is 11.8 Å². The van der Waals surface area contributed by atoms with Gasteiger partial charge in [-0.3, -0.25) is 0 Å². The number of benzene rings is 1. The molecule has 0 aliphatic carbocycles. The number of rotatable bonds is 6. The van der Waals surface area contributed by atoms with E-state index in [-0.39, 0.29) is 5.41 Å². The molecule has 4 heteroatoms. The Labute approximate surface area is 137 Å². The van der Waals surface area contributed by atoms with Gasteiger partial charge in [0.1, 0.15) is 5.75 Å². The van der Waals surface area contributed by atoms with Crippen molar-refractivity contribution < 1.29 is 4.74 Å². The van der Waals surface area contributed by atoms with Crippen molar-refractivity contribution in [2.24, 2.45) is 0 Å². The van der Waals surface area contributed by atoms with E-state index in [1.807, 2.05) is 14.0 Å². The second kappa shape index (κ2) is 7.25.